The molecule has 1 unspecified atom stereocenters. The molecular weight excluding hydrogens is 466 g/mol. The number of imidazole rings is 1. The molecule has 6 rings (SSSR count). The maximum atomic E-state index is 12.5. The molecule has 2 atom stereocenters. The zero-order valence-corrected chi connectivity index (χ0v) is 21.0. The molecule has 0 bridgehead atoms. The Bertz CT molecular complexity index is 1600. The number of hydrogen-bond donors (Lipinski definition) is 1. The highest BCUT2D eigenvalue weighted by Gasteiger charge is 2.36. The van der Waals surface area contributed by atoms with Gasteiger partial charge in [-0.15, -0.1) is 0 Å². The molecule has 3 aromatic heterocycles. The number of nitrogen functional groups attached to an aromatic ring is 1. The van der Waals surface area contributed by atoms with Gasteiger partial charge >= 0.3 is 0 Å². The topological polar surface area (TPSA) is 104 Å². The Morgan fingerprint density at radius 3 is 2.84 bits per heavy atom. The highest BCUT2D eigenvalue weighted by molar-refractivity contribution is 5.93. The number of ether oxygens (including phenoxy) is 1. The number of nitrogens with zero attached hydrogens (tertiary/aromatic N) is 6. The zero-order valence-electron chi connectivity index (χ0n) is 21.0. The average molecular weight is 496 g/mol. The van der Waals surface area contributed by atoms with Crippen LogP contribution in [0.25, 0.3) is 21.9 Å². The normalized spacial score (nSPS) is 19.4. The van der Waals surface area contributed by atoms with E-state index in [-0.39, 0.29) is 18.0 Å². The molecule has 1 saturated carbocycles. The van der Waals surface area contributed by atoms with Gasteiger partial charge in [0.25, 0.3) is 0 Å². The van der Waals surface area contributed by atoms with Crippen LogP contribution in [0.5, 0.6) is 0 Å². The molecule has 2 N–H and O–H groups in total. The quantitative estimate of drug-likeness (QED) is 0.336. The smallest absolute Gasteiger partial charge is 0.246 e. The number of rotatable bonds is 5. The lowest BCUT2D eigenvalue weighted by molar-refractivity contribution is -0.127. The van der Waals surface area contributed by atoms with Crippen LogP contribution in [0.4, 0.5) is 5.82 Å². The number of pyridine rings is 1. The van der Waals surface area contributed by atoms with Crippen molar-refractivity contribution in [1.82, 2.24) is 29.2 Å². The Morgan fingerprint density at radius 1 is 1.24 bits per heavy atom. The molecule has 0 spiro atoms. The second-order valence-corrected chi connectivity index (χ2v) is 9.79. The lowest BCUT2D eigenvalue weighted by Gasteiger charge is -2.22. The summed E-state index contributed by atoms with van der Waals surface area (Å²) in [7, 11) is 1.64. The van der Waals surface area contributed by atoms with Crippen molar-refractivity contribution in [3.05, 3.63) is 60.2 Å². The van der Waals surface area contributed by atoms with Gasteiger partial charge < -0.3 is 19.9 Å². The number of carbonyl (C=O) groups excluding carboxylic acids is 1. The van der Waals surface area contributed by atoms with Crippen molar-refractivity contribution in [2.24, 2.45) is 0 Å². The first kappa shape index (κ1) is 23.3. The van der Waals surface area contributed by atoms with E-state index in [0.717, 1.165) is 33.3 Å². The summed E-state index contributed by atoms with van der Waals surface area (Å²) in [6.07, 6.45) is 6.15. The van der Waals surface area contributed by atoms with Gasteiger partial charge in [0, 0.05) is 31.5 Å². The number of likely N-dealkylation sites (tertiary alicyclic amines) is 1. The van der Waals surface area contributed by atoms with Crippen molar-refractivity contribution in [3.63, 3.8) is 0 Å². The third kappa shape index (κ3) is 4.03. The molecule has 2 fully saturated rings. The fraction of sp³-hybridized carbons (Fsp3) is 0.357. The minimum absolute atomic E-state index is 0.0467. The number of hydrogen-bond acceptors (Lipinski definition) is 6. The molecule has 2 aliphatic rings. The summed E-state index contributed by atoms with van der Waals surface area (Å²) in [6.45, 7) is 6.66. The highest BCUT2D eigenvalue weighted by atomic mass is 16.5. The minimum Gasteiger partial charge on any atom is -0.383 e. The minimum atomic E-state index is -0.114. The Hall–Kier alpha value is -4.16. The van der Waals surface area contributed by atoms with Crippen LogP contribution in [0.15, 0.2) is 43.1 Å². The van der Waals surface area contributed by atoms with E-state index in [1.54, 1.807) is 18.2 Å². The van der Waals surface area contributed by atoms with Gasteiger partial charge in [-0.1, -0.05) is 12.5 Å². The van der Waals surface area contributed by atoms with Crippen molar-refractivity contribution in [2.45, 2.75) is 44.3 Å². The summed E-state index contributed by atoms with van der Waals surface area (Å²) >= 11 is 0. The first-order chi connectivity index (χ1) is 18.0. The monoisotopic (exact) mass is 495 g/mol. The summed E-state index contributed by atoms with van der Waals surface area (Å²) < 4.78 is 9.63. The second kappa shape index (κ2) is 9.05. The van der Waals surface area contributed by atoms with E-state index >= 15 is 0 Å². The van der Waals surface area contributed by atoms with Gasteiger partial charge in [0.2, 0.25) is 5.91 Å². The van der Waals surface area contributed by atoms with Gasteiger partial charge in [0.1, 0.15) is 17.3 Å². The average Bonchev–Trinajstić information content (AvgIpc) is 3.38. The first-order valence-corrected chi connectivity index (χ1v) is 12.5. The van der Waals surface area contributed by atoms with Crippen molar-refractivity contribution in [1.29, 1.82) is 0 Å². The van der Waals surface area contributed by atoms with Crippen LogP contribution >= 0.6 is 0 Å². The number of nitrogens with two attached hydrogens (primary N) is 1. The summed E-state index contributed by atoms with van der Waals surface area (Å²) in [4.78, 5) is 23.3. The third-order valence-corrected chi connectivity index (χ3v) is 7.31. The summed E-state index contributed by atoms with van der Waals surface area (Å²) in [5.41, 5.74) is 10.7. The molecule has 1 aliphatic carbocycles. The predicted molar refractivity (Wildman–Crippen MR) is 142 cm³/mol. The molecule has 9 nitrogen and oxygen atoms in total. The van der Waals surface area contributed by atoms with Crippen LogP contribution in [0.2, 0.25) is 0 Å². The van der Waals surface area contributed by atoms with Crippen LogP contribution in [0.1, 0.15) is 48.4 Å². The maximum Gasteiger partial charge on any atom is 0.246 e. The number of benzene rings is 1. The maximum absolute atomic E-state index is 12.5. The van der Waals surface area contributed by atoms with Gasteiger partial charge in [0.05, 0.1) is 40.6 Å². The summed E-state index contributed by atoms with van der Waals surface area (Å²) in [5.74, 6) is 7.80. The molecule has 37 heavy (non-hydrogen) atoms. The Balaban J connectivity index is 1.37. The van der Waals surface area contributed by atoms with E-state index in [1.807, 2.05) is 22.9 Å². The van der Waals surface area contributed by atoms with Crippen molar-refractivity contribution >= 4 is 33.7 Å². The van der Waals surface area contributed by atoms with Gasteiger partial charge in [-0.3, -0.25) is 9.48 Å². The molecule has 188 valence electrons. The summed E-state index contributed by atoms with van der Waals surface area (Å²) in [5, 5.41) is 5.60. The van der Waals surface area contributed by atoms with Gasteiger partial charge in [-0.05, 0) is 62.4 Å². The fourth-order valence-corrected chi connectivity index (χ4v) is 5.51. The Labute approximate surface area is 214 Å². The van der Waals surface area contributed by atoms with Gasteiger partial charge in [0.15, 0.2) is 0 Å². The molecular formula is C28H29N7O2. The largest absolute Gasteiger partial charge is 0.383 e. The number of aromatic nitrogens is 5. The van der Waals surface area contributed by atoms with Crippen LogP contribution in [-0.2, 0) is 9.53 Å². The van der Waals surface area contributed by atoms with E-state index in [9.17, 15) is 4.79 Å². The van der Waals surface area contributed by atoms with E-state index in [2.05, 4.69) is 41.0 Å². The SMILES string of the molecule is C=CC(=O)N1CC(n2nc(C#Cc3ccc4c(c3)nc(C)n4C3CC3)c3c(N)nccc32)C[C@@H]1COC. The van der Waals surface area contributed by atoms with Gasteiger partial charge in [-0.25, -0.2) is 9.97 Å². The molecule has 4 heterocycles. The number of anilines is 1. The van der Waals surface area contributed by atoms with Gasteiger partial charge in [-0.2, -0.15) is 5.10 Å². The standard InChI is InChI=1S/C28H29N7O2/c1-4-26(36)33-15-20(14-21(33)16-37-3)35-25-11-12-30-28(29)27(25)22(32-35)9-5-18-6-10-24-23(13-18)31-17(2)34(24)19-7-8-19/h4,6,10-13,19-21H,1,7-8,14-16H2,2-3H3,(H2,29,30)/t20?,21-/m1/s1. The van der Waals surface area contributed by atoms with Crippen molar-refractivity contribution in [3.8, 4) is 11.8 Å². The molecule has 9 heteroatoms. The number of methoxy groups -OCH3 is 1. The highest BCUT2D eigenvalue weighted by Crippen LogP contribution is 2.38. The molecule has 1 saturated heterocycles. The van der Waals surface area contributed by atoms with E-state index in [4.69, 9.17) is 20.6 Å². The predicted octanol–water partition coefficient (Wildman–Crippen LogP) is 3.38. The Kier molecular flexibility index (Phi) is 5.69. The number of amides is 1. The molecule has 0 radical (unpaired) electrons. The Morgan fingerprint density at radius 2 is 2.08 bits per heavy atom. The van der Waals surface area contributed by atoms with E-state index in [1.165, 1.54) is 18.9 Å². The van der Waals surface area contributed by atoms with Crippen molar-refractivity contribution in [2.75, 3.05) is 26.0 Å². The van der Waals surface area contributed by atoms with Crippen LogP contribution in [-0.4, -0.2) is 61.4 Å². The zero-order chi connectivity index (χ0) is 25.7. The van der Waals surface area contributed by atoms with E-state index in [0.29, 0.717) is 37.1 Å². The number of aryl methyl sites for hydroxylation is 1. The number of fused-ring (bicyclic) bond motifs is 2. The van der Waals surface area contributed by atoms with Crippen LogP contribution in [0.3, 0.4) is 0 Å². The fourth-order valence-electron chi connectivity index (χ4n) is 5.51. The lowest BCUT2D eigenvalue weighted by atomic mass is 10.1. The van der Waals surface area contributed by atoms with Crippen LogP contribution < -0.4 is 5.73 Å². The first-order valence-electron chi connectivity index (χ1n) is 12.5. The third-order valence-electron chi connectivity index (χ3n) is 7.31. The van der Waals surface area contributed by atoms with Crippen LogP contribution in [0, 0.1) is 18.8 Å². The molecule has 1 aliphatic heterocycles. The van der Waals surface area contributed by atoms with Crippen molar-refractivity contribution < 1.29 is 9.53 Å². The molecule has 1 aromatic carbocycles. The number of carbonyl (C=O) groups is 1. The lowest BCUT2D eigenvalue weighted by Crippen LogP contribution is -2.37. The second-order valence-electron chi connectivity index (χ2n) is 9.79. The summed E-state index contributed by atoms with van der Waals surface area (Å²) in [6, 6.07) is 8.52. The molecule has 1 amide bonds. The van der Waals surface area contributed by atoms with E-state index < -0.39 is 0 Å². The molecule has 4 aromatic rings.